The molecule has 1 aliphatic heterocycles. The summed E-state index contributed by atoms with van der Waals surface area (Å²) in [6, 6.07) is 1.69. The summed E-state index contributed by atoms with van der Waals surface area (Å²) < 4.78 is 1.69. The van der Waals surface area contributed by atoms with Crippen LogP contribution in [0.15, 0.2) is 16.2 Å². The largest absolute Gasteiger partial charge is 0.297 e. The van der Waals surface area contributed by atoms with E-state index in [4.69, 9.17) is 0 Å². The van der Waals surface area contributed by atoms with Crippen molar-refractivity contribution in [3.05, 3.63) is 33.2 Å². The topological polar surface area (TPSA) is 37.6 Å². The molecular weight excluding hydrogens is 270 g/mol. The van der Waals surface area contributed by atoms with Gasteiger partial charge in [0.2, 0.25) is 0 Å². The summed E-state index contributed by atoms with van der Waals surface area (Å²) in [5, 5.41) is 1.98. The number of piperidine rings is 1. The zero-order valence-corrected chi connectivity index (χ0v) is 13.1. The number of fused-ring (bicyclic) bond motifs is 1. The lowest BCUT2D eigenvalue weighted by Gasteiger charge is -2.34. The van der Waals surface area contributed by atoms with Gasteiger partial charge in [0.1, 0.15) is 0 Å². The Kier molecular flexibility index (Phi) is 3.65. The number of rotatable bonds is 2. The van der Waals surface area contributed by atoms with Gasteiger partial charge in [-0.3, -0.25) is 14.1 Å². The second-order valence-electron chi connectivity index (χ2n) is 6.22. The molecule has 0 unspecified atom stereocenters. The van der Waals surface area contributed by atoms with Crippen LogP contribution in [0, 0.1) is 18.8 Å². The molecule has 4 nitrogen and oxygen atoms in total. The van der Waals surface area contributed by atoms with Gasteiger partial charge >= 0.3 is 0 Å². The molecule has 0 spiro atoms. The van der Waals surface area contributed by atoms with Gasteiger partial charge in [-0.05, 0) is 25.2 Å². The molecule has 3 heterocycles. The van der Waals surface area contributed by atoms with Crippen molar-refractivity contribution in [2.24, 2.45) is 11.8 Å². The highest BCUT2D eigenvalue weighted by Gasteiger charge is 2.22. The van der Waals surface area contributed by atoms with Gasteiger partial charge in [0.15, 0.2) is 4.96 Å². The molecule has 2 aromatic rings. The van der Waals surface area contributed by atoms with E-state index < -0.39 is 0 Å². The smallest absolute Gasteiger partial charge is 0.259 e. The van der Waals surface area contributed by atoms with Crippen LogP contribution in [0.25, 0.3) is 4.96 Å². The van der Waals surface area contributed by atoms with Gasteiger partial charge in [-0.1, -0.05) is 13.8 Å². The molecule has 0 N–H and O–H groups in total. The SMILES string of the molecule is Cc1csc2nc(CN3C[C@H](C)C[C@@H](C)C3)cc(=O)n12. The van der Waals surface area contributed by atoms with E-state index in [1.165, 1.54) is 17.8 Å². The maximum Gasteiger partial charge on any atom is 0.259 e. The van der Waals surface area contributed by atoms with Gasteiger partial charge in [0.05, 0.1) is 5.69 Å². The molecule has 108 valence electrons. The van der Waals surface area contributed by atoms with E-state index in [2.05, 4.69) is 23.7 Å². The summed E-state index contributed by atoms with van der Waals surface area (Å²) >= 11 is 1.54. The highest BCUT2D eigenvalue weighted by molar-refractivity contribution is 7.15. The quantitative estimate of drug-likeness (QED) is 0.853. The molecule has 1 saturated heterocycles. The Morgan fingerprint density at radius 2 is 2.05 bits per heavy atom. The van der Waals surface area contributed by atoms with Crippen LogP contribution in [0.5, 0.6) is 0 Å². The Bertz CT molecular complexity index is 665. The van der Waals surface area contributed by atoms with Crippen LogP contribution >= 0.6 is 11.3 Å². The Balaban J connectivity index is 1.86. The highest BCUT2D eigenvalue weighted by Crippen LogP contribution is 2.22. The van der Waals surface area contributed by atoms with Crippen molar-refractivity contribution in [3.8, 4) is 0 Å². The molecule has 2 atom stereocenters. The van der Waals surface area contributed by atoms with Crippen molar-refractivity contribution >= 4 is 16.3 Å². The van der Waals surface area contributed by atoms with E-state index in [1.54, 1.807) is 10.5 Å². The van der Waals surface area contributed by atoms with Crippen LogP contribution in [-0.2, 0) is 6.54 Å². The first-order chi connectivity index (χ1) is 9.52. The molecular formula is C15H21N3OS. The fourth-order valence-electron chi connectivity index (χ4n) is 3.33. The van der Waals surface area contributed by atoms with Crippen molar-refractivity contribution in [1.29, 1.82) is 0 Å². The maximum atomic E-state index is 12.2. The lowest BCUT2D eigenvalue weighted by Crippen LogP contribution is -2.38. The Hall–Kier alpha value is -1.20. The Labute approximate surface area is 123 Å². The number of nitrogens with zero attached hydrogens (tertiary/aromatic N) is 3. The lowest BCUT2D eigenvalue weighted by atomic mass is 9.92. The number of aromatic nitrogens is 2. The molecule has 0 bridgehead atoms. The molecule has 1 fully saturated rings. The average molecular weight is 291 g/mol. The number of hydrogen-bond acceptors (Lipinski definition) is 4. The molecule has 0 radical (unpaired) electrons. The Morgan fingerprint density at radius 1 is 1.35 bits per heavy atom. The van der Waals surface area contributed by atoms with E-state index in [0.29, 0.717) is 0 Å². The minimum Gasteiger partial charge on any atom is -0.297 e. The van der Waals surface area contributed by atoms with Gasteiger partial charge < -0.3 is 0 Å². The van der Waals surface area contributed by atoms with Crippen LogP contribution in [0.1, 0.15) is 31.7 Å². The fraction of sp³-hybridized carbons (Fsp3) is 0.600. The van der Waals surface area contributed by atoms with Crippen LogP contribution in [-0.4, -0.2) is 27.4 Å². The van der Waals surface area contributed by atoms with Crippen molar-refractivity contribution < 1.29 is 0 Å². The summed E-state index contributed by atoms with van der Waals surface area (Å²) in [5.41, 5.74) is 1.91. The molecule has 2 aromatic heterocycles. The zero-order chi connectivity index (χ0) is 14.3. The third-order valence-electron chi connectivity index (χ3n) is 3.96. The van der Waals surface area contributed by atoms with Crippen molar-refractivity contribution in [2.75, 3.05) is 13.1 Å². The monoisotopic (exact) mass is 291 g/mol. The zero-order valence-electron chi connectivity index (χ0n) is 12.3. The predicted molar refractivity (Wildman–Crippen MR) is 82.3 cm³/mol. The van der Waals surface area contributed by atoms with E-state index in [9.17, 15) is 4.79 Å². The number of hydrogen-bond donors (Lipinski definition) is 0. The lowest BCUT2D eigenvalue weighted by molar-refractivity contribution is 0.133. The summed E-state index contributed by atoms with van der Waals surface area (Å²) in [4.78, 5) is 20.0. The van der Waals surface area contributed by atoms with Crippen LogP contribution in [0.3, 0.4) is 0 Å². The molecule has 0 aliphatic carbocycles. The molecule has 0 amide bonds. The predicted octanol–water partition coefficient (Wildman–Crippen LogP) is 2.54. The number of aryl methyl sites for hydroxylation is 1. The average Bonchev–Trinajstić information content (AvgIpc) is 2.69. The number of likely N-dealkylation sites (tertiary alicyclic amines) is 1. The van der Waals surface area contributed by atoms with Crippen LogP contribution in [0.4, 0.5) is 0 Å². The second-order valence-corrected chi connectivity index (χ2v) is 7.06. The van der Waals surface area contributed by atoms with Gasteiger partial charge in [-0.2, -0.15) is 0 Å². The first-order valence-corrected chi connectivity index (χ1v) is 8.10. The van der Waals surface area contributed by atoms with Crippen molar-refractivity contribution in [3.63, 3.8) is 0 Å². The van der Waals surface area contributed by atoms with Gasteiger partial charge in [0.25, 0.3) is 5.56 Å². The first-order valence-electron chi connectivity index (χ1n) is 7.22. The summed E-state index contributed by atoms with van der Waals surface area (Å²) in [7, 11) is 0. The fourth-order valence-corrected chi connectivity index (χ4v) is 4.22. The standard InChI is InChI=1S/C15H21N3OS/c1-10-4-11(2)7-17(6-10)8-13-5-14(19)18-12(3)9-20-15(18)16-13/h5,9-11H,4,6-8H2,1-3H3/t10-,11-/m1/s1. The second kappa shape index (κ2) is 5.30. The van der Waals surface area contributed by atoms with E-state index in [0.717, 1.165) is 47.8 Å². The summed E-state index contributed by atoms with van der Waals surface area (Å²) in [5.74, 6) is 1.46. The van der Waals surface area contributed by atoms with Gasteiger partial charge in [-0.15, -0.1) is 11.3 Å². The summed E-state index contributed by atoms with van der Waals surface area (Å²) in [6.07, 6.45) is 1.30. The molecule has 3 rings (SSSR count). The van der Waals surface area contributed by atoms with E-state index in [1.807, 2.05) is 12.3 Å². The Morgan fingerprint density at radius 3 is 2.75 bits per heavy atom. The van der Waals surface area contributed by atoms with E-state index >= 15 is 0 Å². The normalized spacial score (nSPS) is 24.4. The first kappa shape index (κ1) is 13.8. The molecule has 5 heteroatoms. The van der Waals surface area contributed by atoms with Crippen LogP contribution in [0.2, 0.25) is 0 Å². The van der Waals surface area contributed by atoms with Gasteiger partial charge in [0, 0.05) is 36.8 Å². The number of thiazole rings is 1. The van der Waals surface area contributed by atoms with Crippen molar-refractivity contribution in [1.82, 2.24) is 14.3 Å². The maximum absolute atomic E-state index is 12.2. The molecule has 20 heavy (non-hydrogen) atoms. The molecule has 0 saturated carbocycles. The minimum atomic E-state index is 0.0434. The van der Waals surface area contributed by atoms with Gasteiger partial charge in [-0.25, -0.2) is 4.98 Å². The summed E-state index contributed by atoms with van der Waals surface area (Å²) in [6.45, 7) is 9.55. The third-order valence-corrected chi connectivity index (χ3v) is 4.90. The van der Waals surface area contributed by atoms with E-state index in [-0.39, 0.29) is 5.56 Å². The minimum absolute atomic E-state index is 0.0434. The van der Waals surface area contributed by atoms with Crippen LogP contribution < -0.4 is 5.56 Å². The highest BCUT2D eigenvalue weighted by atomic mass is 32.1. The molecule has 1 aliphatic rings. The molecule has 0 aromatic carbocycles. The third kappa shape index (κ3) is 2.65. The van der Waals surface area contributed by atoms with Crippen molar-refractivity contribution in [2.45, 2.75) is 33.7 Å².